The van der Waals surface area contributed by atoms with Crippen LogP contribution in [0.3, 0.4) is 0 Å². The summed E-state index contributed by atoms with van der Waals surface area (Å²) in [5, 5.41) is 6.73. The normalized spacial score (nSPS) is 11.9. The van der Waals surface area contributed by atoms with Crippen LogP contribution in [0.2, 0.25) is 0 Å². The van der Waals surface area contributed by atoms with Crippen molar-refractivity contribution in [2.75, 3.05) is 0 Å². The number of pyridine rings is 2. The highest BCUT2D eigenvalue weighted by Gasteiger charge is 2.22. The molecule has 0 aliphatic carbocycles. The lowest BCUT2D eigenvalue weighted by Crippen LogP contribution is -1.99. The Balaban J connectivity index is 1.13. The highest BCUT2D eigenvalue weighted by molar-refractivity contribution is 6.21. The smallest absolute Gasteiger partial charge is 0.145 e. The molecular formula is C54H42N4O. The molecule has 0 aliphatic heterocycles. The van der Waals surface area contributed by atoms with Crippen LogP contribution in [-0.4, -0.2) is 18.8 Å². The maximum absolute atomic E-state index is 6.83. The fourth-order valence-electron chi connectivity index (χ4n) is 9.90. The average Bonchev–Trinajstić information content (AvgIpc) is 3.90. The van der Waals surface area contributed by atoms with Crippen LogP contribution in [0.1, 0.15) is 33.4 Å². The van der Waals surface area contributed by atoms with Gasteiger partial charge in [-0.25, -0.2) is 9.97 Å². The molecule has 0 saturated heterocycles. The van der Waals surface area contributed by atoms with Crippen LogP contribution in [0.5, 0.6) is 11.5 Å². The Morgan fingerprint density at radius 1 is 0.458 bits per heavy atom. The summed E-state index contributed by atoms with van der Waals surface area (Å²) in [5.41, 5.74) is 18.8. The van der Waals surface area contributed by atoms with Gasteiger partial charge in [0, 0.05) is 45.1 Å². The van der Waals surface area contributed by atoms with Crippen molar-refractivity contribution in [3.63, 3.8) is 0 Å². The lowest BCUT2D eigenvalue weighted by atomic mass is 9.86. The number of nitrogens with zero attached hydrogens (tertiary/aromatic N) is 4. The molecule has 0 saturated carbocycles. The number of aromatic nitrogens is 4. The van der Waals surface area contributed by atoms with E-state index in [-0.39, 0.29) is 0 Å². The number of benzene rings is 7. The zero-order valence-electron chi connectivity index (χ0n) is 34.1. The van der Waals surface area contributed by atoms with Crippen molar-refractivity contribution >= 4 is 54.6 Å². The fraction of sp³-hybridized carbons (Fsp3) is 0.111. The number of rotatable bonds is 5. The van der Waals surface area contributed by atoms with E-state index in [0.717, 1.165) is 61.1 Å². The van der Waals surface area contributed by atoms with Gasteiger partial charge < -0.3 is 4.74 Å². The molecule has 11 aromatic rings. The highest BCUT2D eigenvalue weighted by atomic mass is 16.5. The number of aryl methyl sites for hydroxylation is 6. The third kappa shape index (κ3) is 5.24. The second-order valence-electron chi connectivity index (χ2n) is 16.1. The van der Waals surface area contributed by atoms with Crippen LogP contribution < -0.4 is 4.74 Å². The van der Waals surface area contributed by atoms with Gasteiger partial charge in [-0.15, -0.1) is 0 Å². The van der Waals surface area contributed by atoms with Gasteiger partial charge in [0.25, 0.3) is 0 Å². The van der Waals surface area contributed by atoms with Crippen LogP contribution in [0.15, 0.2) is 146 Å². The summed E-state index contributed by atoms with van der Waals surface area (Å²) in [4.78, 5) is 10.1. The molecule has 4 aromatic heterocycles. The minimum absolute atomic E-state index is 0.747. The summed E-state index contributed by atoms with van der Waals surface area (Å²) in [7, 11) is 0. The SMILES string of the molecule is Cc1cccc(C)c1-c1ccc(-c2c(C)cccc2C)c2c1c1ccc(Oc3ccc4c5ccccc5n5c(-c6c(C)cccc6C)cnc5c4c3)cc1c1nccn12. The summed E-state index contributed by atoms with van der Waals surface area (Å²) in [6, 6.07) is 45.7. The summed E-state index contributed by atoms with van der Waals surface area (Å²) in [5.74, 6) is 1.50. The number of hydrogen-bond donors (Lipinski definition) is 0. The molecule has 0 fully saturated rings. The van der Waals surface area contributed by atoms with Crippen molar-refractivity contribution in [2.24, 2.45) is 0 Å². The van der Waals surface area contributed by atoms with Crippen molar-refractivity contribution < 1.29 is 4.74 Å². The largest absolute Gasteiger partial charge is 0.457 e. The fourth-order valence-corrected chi connectivity index (χ4v) is 9.90. The number of imidazole rings is 2. The molecule has 0 atom stereocenters. The van der Waals surface area contributed by atoms with Crippen LogP contribution in [-0.2, 0) is 0 Å². The third-order valence-electron chi connectivity index (χ3n) is 12.5. The maximum Gasteiger partial charge on any atom is 0.145 e. The maximum atomic E-state index is 6.83. The van der Waals surface area contributed by atoms with Gasteiger partial charge in [-0.2, -0.15) is 0 Å². The van der Waals surface area contributed by atoms with Crippen LogP contribution in [0, 0.1) is 41.5 Å². The summed E-state index contributed by atoms with van der Waals surface area (Å²) in [6.07, 6.45) is 6.04. The first-order valence-corrected chi connectivity index (χ1v) is 20.3. The van der Waals surface area contributed by atoms with Crippen molar-refractivity contribution in [1.82, 2.24) is 18.8 Å². The molecule has 0 radical (unpaired) electrons. The van der Waals surface area contributed by atoms with Crippen molar-refractivity contribution in [2.45, 2.75) is 41.5 Å². The third-order valence-corrected chi connectivity index (χ3v) is 12.5. The van der Waals surface area contributed by atoms with Gasteiger partial charge in [0.15, 0.2) is 0 Å². The van der Waals surface area contributed by atoms with E-state index in [1.54, 1.807) is 0 Å². The van der Waals surface area contributed by atoms with E-state index < -0.39 is 0 Å². The van der Waals surface area contributed by atoms with E-state index in [1.807, 2.05) is 12.4 Å². The second-order valence-corrected chi connectivity index (χ2v) is 16.1. The highest BCUT2D eigenvalue weighted by Crippen LogP contribution is 2.45. The predicted octanol–water partition coefficient (Wildman–Crippen LogP) is 14.2. The van der Waals surface area contributed by atoms with Crippen molar-refractivity contribution in [3.8, 4) is 45.0 Å². The first-order chi connectivity index (χ1) is 28.8. The van der Waals surface area contributed by atoms with E-state index in [9.17, 15) is 0 Å². The minimum atomic E-state index is 0.747. The Morgan fingerprint density at radius 3 is 1.68 bits per heavy atom. The first-order valence-electron chi connectivity index (χ1n) is 20.3. The topological polar surface area (TPSA) is 43.8 Å². The zero-order chi connectivity index (χ0) is 40.1. The monoisotopic (exact) mass is 762 g/mol. The van der Waals surface area contributed by atoms with Crippen LogP contribution >= 0.6 is 0 Å². The van der Waals surface area contributed by atoms with Gasteiger partial charge in [0.05, 0.1) is 22.9 Å². The zero-order valence-corrected chi connectivity index (χ0v) is 34.1. The Labute approximate surface area is 342 Å². The van der Waals surface area contributed by atoms with Gasteiger partial charge >= 0.3 is 0 Å². The molecule has 5 nitrogen and oxygen atoms in total. The standard InChI is InChI=1S/C54H42N4O/c1-31-12-9-13-32(2)48(31)42-24-25-43(49-33(3)14-10-15-34(49)4)52-51(42)41-23-21-38(29-45(41)53-55-26-27-57(52)53)59-37-20-22-39-40-18-7-8-19-46(40)58-47(30-56-54(58)44(39)28-37)50-35(5)16-11-17-36(50)6/h7-30H,1-6H3. The lowest BCUT2D eigenvalue weighted by Gasteiger charge is -2.21. The molecule has 284 valence electrons. The summed E-state index contributed by atoms with van der Waals surface area (Å²) < 4.78 is 11.4. The molecule has 5 heteroatoms. The quantitative estimate of drug-likeness (QED) is 0.164. The van der Waals surface area contributed by atoms with E-state index in [1.165, 1.54) is 72.0 Å². The van der Waals surface area contributed by atoms with E-state index in [4.69, 9.17) is 14.7 Å². The molecule has 0 aliphatic rings. The lowest BCUT2D eigenvalue weighted by molar-refractivity contribution is 0.484. The number of para-hydroxylation sites is 1. The van der Waals surface area contributed by atoms with Crippen LogP contribution in [0.4, 0.5) is 0 Å². The Hall–Kier alpha value is -7.24. The Morgan fingerprint density at radius 2 is 1.02 bits per heavy atom. The first kappa shape index (κ1) is 35.0. The van der Waals surface area contributed by atoms with Crippen molar-refractivity contribution in [3.05, 3.63) is 179 Å². The number of ether oxygens (including phenoxy) is 1. The van der Waals surface area contributed by atoms with E-state index in [0.29, 0.717) is 0 Å². The summed E-state index contributed by atoms with van der Waals surface area (Å²) >= 11 is 0. The van der Waals surface area contributed by atoms with E-state index in [2.05, 4.69) is 184 Å². The molecule has 0 N–H and O–H groups in total. The van der Waals surface area contributed by atoms with Gasteiger partial charge in [-0.3, -0.25) is 8.80 Å². The van der Waals surface area contributed by atoms with Gasteiger partial charge in [0.1, 0.15) is 22.8 Å². The Kier molecular flexibility index (Phi) is 7.79. The van der Waals surface area contributed by atoms with Crippen molar-refractivity contribution in [1.29, 1.82) is 0 Å². The van der Waals surface area contributed by atoms with Gasteiger partial charge in [-0.05, 0) is 145 Å². The minimum Gasteiger partial charge on any atom is -0.457 e. The summed E-state index contributed by atoms with van der Waals surface area (Å²) in [6.45, 7) is 13.2. The molecule has 0 amide bonds. The van der Waals surface area contributed by atoms with E-state index >= 15 is 0 Å². The van der Waals surface area contributed by atoms with Gasteiger partial charge in [-0.1, -0.05) is 84.9 Å². The molecule has 7 aromatic carbocycles. The van der Waals surface area contributed by atoms with Crippen LogP contribution in [0.25, 0.3) is 88.2 Å². The molecule has 0 spiro atoms. The average molecular weight is 763 g/mol. The molecule has 0 bridgehead atoms. The second kappa shape index (κ2) is 13.2. The predicted molar refractivity (Wildman–Crippen MR) is 245 cm³/mol. The molecule has 11 rings (SSSR count). The Bertz CT molecular complexity index is 3490. The molecule has 4 heterocycles. The number of hydrogen-bond acceptors (Lipinski definition) is 3. The van der Waals surface area contributed by atoms with Gasteiger partial charge in [0.2, 0.25) is 0 Å². The number of fused-ring (bicyclic) bond motifs is 12. The molecular weight excluding hydrogens is 721 g/mol. The molecule has 59 heavy (non-hydrogen) atoms. The molecule has 0 unspecified atom stereocenters.